The van der Waals surface area contributed by atoms with E-state index in [0.29, 0.717) is 72.4 Å². The summed E-state index contributed by atoms with van der Waals surface area (Å²) in [7, 11) is -4.22. The zero-order chi connectivity index (χ0) is 35.4. The molecule has 4 rings (SSSR count). The van der Waals surface area contributed by atoms with Gasteiger partial charge in [0.1, 0.15) is 6.54 Å². The van der Waals surface area contributed by atoms with Crippen molar-refractivity contribution >= 4 is 19.4 Å². The number of hydrogen-bond donors (Lipinski definition) is 3. The minimum absolute atomic E-state index is 0.0650. The molecule has 1 aromatic heterocycles. The summed E-state index contributed by atoms with van der Waals surface area (Å²) in [6.45, 7) is 8.78. The van der Waals surface area contributed by atoms with E-state index in [9.17, 15) is 14.3 Å². The average Bonchev–Trinajstić information content (AvgIpc) is 3.50. The smallest absolute Gasteiger partial charge is 0.268 e. The van der Waals surface area contributed by atoms with Crippen LogP contribution >= 0.6 is 7.82 Å². The zero-order valence-corrected chi connectivity index (χ0v) is 30.1. The van der Waals surface area contributed by atoms with Crippen molar-refractivity contribution in [2.24, 2.45) is 0 Å². The minimum Gasteiger partial charge on any atom is -0.756 e. The Morgan fingerprint density at radius 1 is 0.860 bits per heavy atom. The van der Waals surface area contributed by atoms with Gasteiger partial charge in [-0.25, -0.2) is 0 Å². The molecule has 1 aliphatic heterocycles. The largest absolute Gasteiger partial charge is 0.756 e. The number of unbranched alkanes of at least 4 members (excludes halogenated alkanes) is 3. The van der Waals surface area contributed by atoms with Gasteiger partial charge in [-0.1, -0.05) is 48.4 Å². The monoisotopic (exact) mass is 717 g/mol. The van der Waals surface area contributed by atoms with Crippen LogP contribution in [0.3, 0.4) is 0 Å². The lowest BCUT2D eigenvalue weighted by Gasteiger charge is -2.24. The number of phosphoric acid groups is 1. The van der Waals surface area contributed by atoms with Crippen molar-refractivity contribution in [2.45, 2.75) is 65.1 Å². The number of nitrogens with zero attached hydrogens (tertiary/aromatic N) is 2. The number of carbonyl (C=O) groups excluding carboxylic acids is 1. The number of phosphoric ester groups is 1. The quantitative estimate of drug-likeness (QED) is 0.0658. The van der Waals surface area contributed by atoms with Crippen LogP contribution in [0.5, 0.6) is 0 Å². The first-order chi connectivity index (χ1) is 24.3. The van der Waals surface area contributed by atoms with Crippen molar-refractivity contribution in [2.75, 3.05) is 71.3 Å². The lowest BCUT2D eigenvalue weighted by atomic mass is 9.97. The molecule has 0 saturated heterocycles. The van der Waals surface area contributed by atoms with Gasteiger partial charge in [0.15, 0.2) is 0 Å². The van der Waals surface area contributed by atoms with Crippen molar-refractivity contribution in [3.05, 3.63) is 54.1 Å². The molecule has 0 fully saturated rings. The second-order valence-corrected chi connectivity index (χ2v) is 13.4. The number of hydrogen-bond acceptors (Lipinski definition) is 11. The summed E-state index contributed by atoms with van der Waals surface area (Å²) in [5.41, 5.74) is 6.44. The number of amides is 1. The van der Waals surface area contributed by atoms with Crippen LogP contribution in [0.4, 0.5) is 5.69 Å². The minimum atomic E-state index is -4.22. The summed E-state index contributed by atoms with van der Waals surface area (Å²) in [5.74, 6) is -0.0650. The van der Waals surface area contributed by atoms with Gasteiger partial charge in [-0.2, -0.15) is 4.68 Å². The van der Waals surface area contributed by atoms with Crippen LogP contribution < -0.4 is 20.2 Å². The highest BCUT2D eigenvalue weighted by Crippen LogP contribution is 2.40. The Hall–Kier alpha value is -3.20. The third-order valence-corrected chi connectivity index (χ3v) is 8.91. The molecule has 0 spiro atoms. The predicted molar refractivity (Wildman–Crippen MR) is 186 cm³/mol. The van der Waals surface area contributed by atoms with E-state index in [1.165, 1.54) is 5.56 Å². The molecule has 1 aliphatic rings. The van der Waals surface area contributed by atoms with Crippen LogP contribution in [0.15, 0.2) is 48.5 Å². The van der Waals surface area contributed by atoms with Crippen molar-refractivity contribution in [1.29, 1.82) is 0 Å². The highest BCUT2D eigenvalue weighted by atomic mass is 31.2. The first-order valence-electron chi connectivity index (χ1n) is 17.5. The molecule has 0 bridgehead atoms. The molecule has 0 aliphatic carbocycles. The SMILES string of the molecule is CC(C)OP(=O)([O-])OCCCCCCNC(=O)CCOCCOCCOCCOCC[n+]1[nH]nc2c1-c1ccccc1NCc1ccccc1-2. The van der Waals surface area contributed by atoms with Gasteiger partial charge in [0, 0.05) is 35.9 Å². The summed E-state index contributed by atoms with van der Waals surface area (Å²) in [6.07, 6.45) is 2.93. The van der Waals surface area contributed by atoms with Gasteiger partial charge in [-0.15, -0.1) is 0 Å². The topological polar surface area (TPSA) is 169 Å². The number of aromatic nitrogens is 3. The fourth-order valence-corrected chi connectivity index (χ4v) is 6.28. The van der Waals surface area contributed by atoms with E-state index in [0.717, 1.165) is 54.0 Å². The molecule has 0 saturated carbocycles. The molecular weight excluding hydrogens is 665 g/mol. The van der Waals surface area contributed by atoms with Crippen molar-refractivity contribution in [3.63, 3.8) is 0 Å². The Morgan fingerprint density at radius 3 is 2.24 bits per heavy atom. The zero-order valence-electron chi connectivity index (χ0n) is 29.2. The molecule has 1 unspecified atom stereocenters. The lowest BCUT2D eigenvalue weighted by molar-refractivity contribution is -0.744. The van der Waals surface area contributed by atoms with Gasteiger partial charge in [0.25, 0.3) is 13.5 Å². The molecule has 50 heavy (non-hydrogen) atoms. The van der Waals surface area contributed by atoms with E-state index in [-0.39, 0.29) is 18.9 Å². The maximum Gasteiger partial charge on any atom is 0.268 e. The molecule has 1 amide bonds. The summed E-state index contributed by atoms with van der Waals surface area (Å²) < 4.78 is 45.6. The number of H-pyrrole nitrogens is 1. The lowest BCUT2D eigenvalue weighted by Crippen LogP contribution is -2.40. The van der Waals surface area contributed by atoms with Crippen LogP contribution in [0.2, 0.25) is 0 Å². The molecule has 15 heteroatoms. The maximum atomic E-state index is 11.9. The van der Waals surface area contributed by atoms with Crippen LogP contribution in [-0.4, -0.2) is 88.3 Å². The van der Waals surface area contributed by atoms with Gasteiger partial charge in [-0.3, -0.25) is 9.36 Å². The number of anilines is 1. The fourth-order valence-electron chi connectivity index (χ4n) is 5.35. The second-order valence-electron chi connectivity index (χ2n) is 12.0. The standard InChI is InChI=1S/C35H52N5O9P/c1-28(2)49-50(42,43)48-18-10-4-3-9-16-36-33(41)15-19-44-21-23-46-25-26-47-24-22-45-20-17-40-35-31-13-7-8-14-32(31)37-27-29-11-5-6-12-30(29)34(35)38-39-40/h5-8,11-14,28H,3-4,9-10,15-27H2,1-2H3,(H3,36,37,39,41,42,43). The van der Waals surface area contributed by atoms with Gasteiger partial charge < -0.3 is 43.5 Å². The Balaban J connectivity index is 0.957. The molecule has 2 heterocycles. The highest BCUT2D eigenvalue weighted by Gasteiger charge is 2.29. The van der Waals surface area contributed by atoms with Crippen molar-refractivity contribution in [1.82, 2.24) is 15.6 Å². The van der Waals surface area contributed by atoms with Gasteiger partial charge in [0.05, 0.1) is 71.1 Å². The van der Waals surface area contributed by atoms with E-state index in [4.69, 9.17) is 33.1 Å². The van der Waals surface area contributed by atoms with E-state index in [2.05, 4.69) is 46.2 Å². The number of fused-ring (bicyclic) bond motifs is 5. The van der Waals surface area contributed by atoms with Crippen LogP contribution in [-0.2, 0) is 50.4 Å². The molecule has 14 nitrogen and oxygen atoms in total. The third-order valence-electron chi connectivity index (χ3n) is 7.73. The normalized spacial score (nSPS) is 13.4. The average molecular weight is 718 g/mol. The van der Waals surface area contributed by atoms with Gasteiger partial charge in [-0.05, 0) is 50.5 Å². The Morgan fingerprint density at radius 2 is 1.50 bits per heavy atom. The van der Waals surface area contributed by atoms with E-state index in [1.807, 2.05) is 22.9 Å². The summed E-state index contributed by atoms with van der Waals surface area (Å²) in [6, 6.07) is 16.6. The molecule has 3 N–H and O–H groups in total. The first kappa shape index (κ1) is 39.6. The molecule has 1 atom stereocenters. The van der Waals surface area contributed by atoms with Crippen molar-refractivity contribution in [3.8, 4) is 22.5 Å². The number of rotatable bonds is 25. The summed E-state index contributed by atoms with van der Waals surface area (Å²) >= 11 is 0. The second kappa shape index (κ2) is 21.9. The number of carbonyl (C=O) groups is 1. The summed E-state index contributed by atoms with van der Waals surface area (Å²) in [5, 5.41) is 14.3. The maximum absolute atomic E-state index is 11.9. The number of benzene rings is 2. The van der Waals surface area contributed by atoms with Gasteiger partial charge >= 0.3 is 0 Å². The number of para-hydroxylation sites is 1. The highest BCUT2D eigenvalue weighted by molar-refractivity contribution is 7.45. The van der Waals surface area contributed by atoms with Crippen LogP contribution in [0.1, 0.15) is 51.5 Å². The molecule has 276 valence electrons. The Kier molecular flexibility index (Phi) is 17.3. The van der Waals surface area contributed by atoms with Crippen LogP contribution in [0.25, 0.3) is 22.5 Å². The Bertz CT molecular complexity index is 1490. The first-order valence-corrected chi connectivity index (χ1v) is 18.9. The molecular formula is C35H52N5O9P. The van der Waals surface area contributed by atoms with Crippen molar-refractivity contribution < 1.29 is 46.9 Å². The van der Waals surface area contributed by atoms with E-state index < -0.39 is 13.9 Å². The molecule has 3 aromatic rings. The van der Waals surface area contributed by atoms with E-state index >= 15 is 0 Å². The molecule has 2 aromatic carbocycles. The molecule has 0 radical (unpaired) electrons. The summed E-state index contributed by atoms with van der Waals surface area (Å²) in [4.78, 5) is 23.4. The fraction of sp³-hybridized carbons (Fsp3) is 0.571. The predicted octanol–water partition coefficient (Wildman–Crippen LogP) is 4.00. The number of ether oxygens (including phenoxy) is 4. The van der Waals surface area contributed by atoms with Gasteiger partial charge in [0.2, 0.25) is 11.6 Å². The van der Waals surface area contributed by atoms with E-state index in [1.54, 1.807) is 13.8 Å². The number of nitrogens with one attached hydrogen (secondary N) is 3. The third kappa shape index (κ3) is 13.8. The number of aromatic amines is 1. The Labute approximate surface area is 294 Å². The van der Waals surface area contributed by atoms with Crippen LogP contribution in [0, 0.1) is 0 Å².